The Kier molecular flexibility index (Phi) is 9.61. The van der Waals surface area contributed by atoms with Crippen molar-refractivity contribution in [2.75, 3.05) is 13.2 Å². The number of carbonyl (C=O) groups excluding carboxylic acids is 2. The number of imidazole rings is 1. The summed E-state index contributed by atoms with van der Waals surface area (Å²) in [6, 6.07) is 15.7. The van der Waals surface area contributed by atoms with E-state index < -0.39 is 24.5 Å². The van der Waals surface area contributed by atoms with Crippen molar-refractivity contribution < 1.29 is 33.3 Å². The fourth-order valence-electron chi connectivity index (χ4n) is 5.81. The van der Waals surface area contributed by atoms with Gasteiger partial charge in [-0.25, -0.2) is 14.6 Å². The molecule has 0 saturated carbocycles. The molecule has 2 aromatic carbocycles. The van der Waals surface area contributed by atoms with Crippen molar-refractivity contribution >= 4 is 23.7 Å². The Morgan fingerprint density at radius 1 is 1.07 bits per heavy atom. The highest BCUT2D eigenvalue weighted by Crippen LogP contribution is 2.33. The Balaban J connectivity index is 1.15. The topological polar surface area (TPSA) is 153 Å². The number of hydrogen-bond acceptors (Lipinski definition) is 11. The maximum atomic E-state index is 13.4. The van der Waals surface area contributed by atoms with Gasteiger partial charge in [0.1, 0.15) is 11.9 Å². The molecule has 0 unspecified atom stereocenters. The molecule has 46 heavy (non-hydrogen) atoms. The number of aromatic amines is 1. The van der Waals surface area contributed by atoms with Gasteiger partial charge in [-0.15, -0.1) is 10.2 Å². The number of aromatic nitrogens is 6. The quantitative estimate of drug-likeness (QED) is 0.168. The highest BCUT2D eigenvalue weighted by atomic mass is 35.5. The third-order valence-electron chi connectivity index (χ3n) is 8.11. The fourth-order valence-corrected chi connectivity index (χ4v) is 6.09. The molecular formula is C32H35ClN6O7. The molecule has 0 aliphatic carbocycles. The molecule has 4 heterocycles. The molecule has 2 fully saturated rings. The van der Waals surface area contributed by atoms with E-state index in [2.05, 4.69) is 32.5 Å². The van der Waals surface area contributed by atoms with E-state index in [1.165, 1.54) is 6.92 Å². The average molecular weight is 651 g/mol. The lowest BCUT2D eigenvalue weighted by molar-refractivity contribution is -0.0987. The number of halogens is 1. The Morgan fingerprint density at radius 2 is 1.83 bits per heavy atom. The van der Waals surface area contributed by atoms with Crippen LogP contribution in [0.1, 0.15) is 55.5 Å². The van der Waals surface area contributed by atoms with E-state index in [0.717, 1.165) is 35.1 Å². The first-order valence-corrected chi connectivity index (χ1v) is 15.7. The van der Waals surface area contributed by atoms with E-state index in [4.69, 9.17) is 35.3 Å². The number of tetrazole rings is 1. The fraction of sp³-hybridized carbons (Fsp3) is 0.438. The molecule has 2 saturated heterocycles. The van der Waals surface area contributed by atoms with Gasteiger partial charge in [0.25, 0.3) is 0 Å². The number of carbonyl (C=O) groups is 2. The molecule has 14 heteroatoms. The van der Waals surface area contributed by atoms with Gasteiger partial charge >= 0.3 is 12.1 Å². The van der Waals surface area contributed by atoms with Crippen LogP contribution in [0.4, 0.5) is 4.79 Å². The van der Waals surface area contributed by atoms with Gasteiger partial charge in [0.05, 0.1) is 19.3 Å². The molecule has 2 aromatic heterocycles. The zero-order chi connectivity index (χ0) is 32.2. The summed E-state index contributed by atoms with van der Waals surface area (Å²) in [7, 11) is 0. The number of nitrogens with one attached hydrogen (secondary N) is 1. The van der Waals surface area contributed by atoms with E-state index >= 15 is 0 Å². The predicted molar refractivity (Wildman–Crippen MR) is 165 cm³/mol. The minimum absolute atomic E-state index is 0.0122. The standard InChI is InChI=1S/C32H35ClN6O7/c1-4-5-10-25-34-29(33)26(31(40)44-19(3)45-32(41)46-24-17-43-27-18(2)16-42-28(24)27)39(25)15-20-11-13-21(14-12-20)22-8-6-7-9-23(22)30-35-37-38-36-30/h6-9,11-14,18-19,24,27-28H,4-5,10,15-17H2,1-3H3,(H,35,36,37,38)/t18-,19+,24+,27-,28-/m1/s1. The van der Waals surface area contributed by atoms with Crippen molar-refractivity contribution in [3.63, 3.8) is 0 Å². The molecule has 4 aromatic rings. The van der Waals surface area contributed by atoms with Gasteiger partial charge in [0, 0.05) is 31.4 Å². The van der Waals surface area contributed by atoms with Crippen LogP contribution in [0.3, 0.4) is 0 Å². The van der Waals surface area contributed by atoms with E-state index in [9.17, 15) is 9.59 Å². The van der Waals surface area contributed by atoms with Gasteiger partial charge in [-0.2, -0.15) is 5.21 Å². The number of ether oxygens (including phenoxy) is 5. The zero-order valence-electron chi connectivity index (χ0n) is 25.7. The maximum absolute atomic E-state index is 13.4. The average Bonchev–Trinajstić information content (AvgIpc) is 3.84. The molecule has 242 valence electrons. The third kappa shape index (κ3) is 6.76. The SMILES string of the molecule is CCCCc1nc(Cl)c(C(=O)O[C@H](C)OC(=O)O[C@H]2CO[C@H]3[C@@H]2OC[C@H]3C)n1Cc1ccc(-c2ccccc2-c2nn[nH]n2)cc1. The number of hydrogen-bond donors (Lipinski definition) is 1. The van der Waals surface area contributed by atoms with Gasteiger partial charge in [-0.1, -0.05) is 80.4 Å². The van der Waals surface area contributed by atoms with Crippen molar-refractivity contribution in [3.05, 3.63) is 70.8 Å². The van der Waals surface area contributed by atoms with Crippen LogP contribution in [-0.2, 0) is 36.6 Å². The Morgan fingerprint density at radius 3 is 2.57 bits per heavy atom. The molecule has 13 nitrogen and oxygen atoms in total. The second-order valence-corrected chi connectivity index (χ2v) is 11.8. The Bertz CT molecular complexity index is 1660. The highest BCUT2D eigenvalue weighted by Gasteiger charge is 2.48. The summed E-state index contributed by atoms with van der Waals surface area (Å²) in [5.74, 6) is 0.591. The lowest BCUT2D eigenvalue weighted by atomic mass is 9.98. The van der Waals surface area contributed by atoms with Crippen LogP contribution < -0.4 is 0 Å². The van der Waals surface area contributed by atoms with Crippen molar-refractivity contribution in [1.29, 1.82) is 0 Å². The molecule has 5 atom stereocenters. The number of aryl methyl sites for hydroxylation is 1. The lowest BCUT2D eigenvalue weighted by Crippen LogP contribution is -2.34. The summed E-state index contributed by atoms with van der Waals surface area (Å²) in [6.07, 6.45) is -0.894. The van der Waals surface area contributed by atoms with Crippen molar-refractivity contribution in [1.82, 2.24) is 30.2 Å². The van der Waals surface area contributed by atoms with Crippen LogP contribution in [0.25, 0.3) is 22.5 Å². The van der Waals surface area contributed by atoms with Gasteiger partial charge in [0.2, 0.25) is 12.1 Å². The minimum Gasteiger partial charge on any atom is -0.426 e. The minimum atomic E-state index is -1.25. The van der Waals surface area contributed by atoms with Crippen LogP contribution in [-0.4, -0.2) is 80.1 Å². The number of esters is 1. The summed E-state index contributed by atoms with van der Waals surface area (Å²) < 4.78 is 29.3. The van der Waals surface area contributed by atoms with Crippen molar-refractivity contribution in [3.8, 4) is 22.5 Å². The van der Waals surface area contributed by atoms with Crippen LogP contribution in [0.2, 0.25) is 5.15 Å². The Labute approximate surface area is 270 Å². The predicted octanol–water partition coefficient (Wildman–Crippen LogP) is 5.23. The molecule has 1 N–H and O–H groups in total. The zero-order valence-corrected chi connectivity index (χ0v) is 26.5. The van der Waals surface area contributed by atoms with Gasteiger partial charge in [-0.05, 0) is 28.3 Å². The summed E-state index contributed by atoms with van der Waals surface area (Å²) in [5, 5.41) is 14.4. The summed E-state index contributed by atoms with van der Waals surface area (Å²) >= 11 is 6.52. The summed E-state index contributed by atoms with van der Waals surface area (Å²) in [4.78, 5) is 30.4. The monoisotopic (exact) mass is 650 g/mol. The van der Waals surface area contributed by atoms with Gasteiger partial charge in [0.15, 0.2) is 17.0 Å². The van der Waals surface area contributed by atoms with Crippen molar-refractivity contribution in [2.24, 2.45) is 5.92 Å². The first kappa shape index (κ1) is 31.6. The third-order valence-corrected chi connectivity index (χ3v) is 8.37. The number of fused-ring (bicyclic) bond motifs is 1. The largest absolute Gasteiger partial charge is 0.511 e. The molecular weight excluding hydrogens is 616 g/mol. The number of H-pyrrole nitrogens is 1. The Hall–Kier alpha value is -4.33. The highest BCUT2D eigenvalue weighted by molar-refractivity contribution is 6.32. The first-order chi connectivity index (χ1) is 22.3. The smallest absolute Gasteiger partial charge is 0.426 e. The maximum Gasteiger partial charge on any atom is 0.511 e. The normalized spacial score (nSPS) is 21.1. The number of benzene rings is 2. The van der Waals surface area contributed by atoms with Gasteiger partial charge in [-0.3, -0.25) is 0 Å². The van der Waals surface area contributed by atoms with Crippen LogP contribution in [0.5, 0.6) is 0 Å². The van der Waals surface area contributed by atoms with E-state index in [-0.39, 0.29) is 35.6 Å². The molecule has 2 aliphatic heterocycles. The number of nitrogens with zero attached hydrogens (tertiary/aromatic N) is 5. The molecule has 0 spiro atoms. The van der Waals surface area contributed by atoms with Crippen LogP contribution in [0.15, 0.2) is 48.5 Å². The second kappa shape index (κ2) is 14.0. The summed E-state index contributed by atoms with van der Waals surface area (Å²) in [6.45, 7) is 6.58. The number of rotatable bonds is 11. The van der Waals surface area contributed by atoms with Crippen LogP contribution >= 0.6 is 11.6 Å². The van der Waals surface area contributed by atoms with E-state index in [1.54, 1.807) is 4.57 Å². The van der Waals surface area contributed by atoms with E-state index in [1.807, 2.05) is 55.5 Å². The first-order valence-electron chi connectivity index (χ1n) is 15.3. The molecule has 2 aliphatic rings. The van der Waals surface area contributed by atoms with E-state index in [0.29, 0.717) is 31.2 Å². The molecule has 0 bridgehead atoms. The summed E-state index contributed by atoms with van der Waals surface area (Å²) in [5.41, 5.74) is 3.75. The molecule has 6 rings (SSSR count). The second-order valence-electron chi connectivity index (χ2n) is 11.4. The van der Waals surface area contributed by atoms with Gasteiger partial charge < -0.3 is 28.3 Å². The molecule has 0 radical (unpaired) electrons. The van der Waals surface area contributed by atoms with Crippen molar-refractivity contribution in [2.45, 2.75) is 71.2 Å². The lowest BCUT2D eigenvalue weighted by Gasteiger charge is -2.19. The molecule has 0 amide bonds. The number of unbranched alkanes of at least 4 members (excludes halogenated alkanes) is 1. The van der Waals surface area contributed by atoms with Crippen LogP contribution in [0, 0.1) is 5.92 Å².